The zero-order valence-corrected chi connectivity index (χ0v) is 19.6. The molecule has 0 saturated heterocycles. The van der Waals surface area contributed by atoms with Gasteiger partial charge in [-0.15, -0.1) is 11.3 Å². The molecular formula is C24H28N2O4S. The second-order valence-corrected chi connectivity index (χ2v) is 8.85. The molecule has 1 unspecified atom stereocenters. The number of rotatable bonds is 6. The summed E-state index contributed by atoms with van der Waals surface area (Å²) in [7, 11) is 0. The van der Waals surface area contributed by atoms with Crippen LogP contribution in [-0.4, -0.2) is 23.1 Å². The van der Waals surface area contributed by atoms with E-state index in [1.807, 2.05) is 52.8 Å². The Morgan fingerprint density at radius 3 is 2.48 bits per heavy atom. The second-order valence-electron chi connectivity index (χ2n) is 7.63. The Labute approximate surface area is 185 Å². The summed E-state index contributed by atoms with van der Waals surface area (Å²) in [5.41, 5.74) is 3.53. The van der Waals surface area contributed by atoms with Gasteiger partial charge < -0.3 is 10.1 Å². The minimum Gasteiger partial charge on any atom is -0.462 e. The fourth-order valence-corrected chi connectivity index (χ4v) is 4.95. The Balaban J connectivity index is 2.09. The van der Waals surface area contributed by atoms with E-state index in [4.69, 9.17) is 4.74 Å². The Bertz CT molecular complexity index is 1220. The highest BCUT2D eigenvalue weighted by molar-refractivity contribution is 7.16. The van der Waals surface area contributed by atoms with E-state index in [-0.39, 0.29) is 18.1 Å². The van der Waals surface area contributed by atoms with Gasteiger partial charge in [0.05, 0.1) is 17.7 Å². The number of carbonyl (C=O) groups excluding carboxylic acids is 2. The molecule has 6 nitrogen and oxygen atoms in total. The summed E-state index contributed by atoms with van der Waals surface area (Å²) in [5.74, 6) is -0.786. The molecule has 0 aliphatic rings. The average Bonchev–Trinajstić information content (AvgIpc) is 2.98. The van der Waals surface area contributed by atoms with E-state index >= 15 is 0 Å². The van der Waals surface area contributed by atoms with Crippen molar-refractivity contribution in [2.45, 2.75) is 54.0 Å². The van der Waals surface area contributed by atoms with Crippen LogP contribution in [0.15, 0.2) is 29.1 Å². The smallest absolute Gasteiger partial charge is 0.341 e. The summed E-state index contributed by atoms with van der Waals surface area (Å²) in [6.07, 6.45) is 0.427. The first-order valence-corrected chi connectivity index (χ1v) is 11.2. The number of fused-ring (bicyclic) bond motifs is 1. The van der Waals surface area contributed by atoms with Crippen LogP contribution in [0.5, 0.6) is 0 Å². The number of ether oxygens (including phenoxy) is 1. The van der Waals surface area contributed by atoms with Crippen molar-refractivity contribution >= 4 is 39.1 Å². The summed E-state index contributed by atoms with van der Waals surface area (Å²) in [5, 5.41) is 4.31. The Morgan fingerprint density at radius 2 is 1.84 bits per heavy atom. The van der Waals surface area contributed by atoms with Crippen molar-refractivity contribution in [3.05, 3.63) is 61.8 Å². The Hall–Kier alpha value is -2.93. The predicted molar refractivity (Wildman–Crippen MR) is 125 cm³/mol. The third-order valence-corrected chi connectivity index (χ3v) is 6.71. The summed E-state index contributed by atoms with van der Waals surface area (Å²) < 4.78 is 6.76. The molecule has 0 aliphatic carbocycles. The van der Waals surface area contributed by atoms with Gasteiger partial charge in [0.25, 0.3) is 5.56 Å². The van der Waals surface area contributed by atoms with Crippen LogP contribution in [0.2, 0.25) is 0 Å². The standard InChI is InChI=1S/C24H28N2O4S/c1-7-18(26-19(27)12-14(4)17-11-9-10-13(3)21(17)26)22(28)25-23-20(24(29)30-8-2)15(5)16(6)31-23/h9-12,18H,7-8H2,1-6H3,(H,25,28). The van der Waals surface area contributed by atoms with Crippen molar-refractivity contribution in [3.63, 3.8) is 0 Å². The Morgan fingerprint density at radius 1 is 1.13 bits per heavy atom. The predicted octanol–water partition coefficient (Wildman–Crippen LogP) is 5.06. The largest absolute Gasteiger partial charge is 0.462 e. The third-order valence-electron chi connectivity index (χ3n) is 5.58. The van der Waals surface area contributed by atoms with Crippen LogP contribution in [-0.2, 0) is 9.53 Å². The van der Waals surface area contributed by atoms with E-state index in [0.717, 1.165) is 32.5 Å². The van der Waals surface area contributed by atoms with Gasteiger partial charge in [0.2, 0.25) is 5.91 Å². The maximum absolute atomic E-state index is 13.4. The van der Waals surface area contributed by atoms with Crippen LogP contribution in [0.3, 0.4) is 0 Å². The molecule has 2 heterocycles. The van der Waals surface area contributed by atoms with Crippen molar-refractivity contribution in [1.29, 1.82) is 0 Å². The number of esters is 1. The highest BCUT2D eigenvalue weighted by Gasteiger charge is 2.27. The first-order chi connectivity index (χ1) is 14.7. The number of hydrogen-bond acceptors (Lipinski definition) is 5. The lowest BCUT2D eigenvalue weighted by atomic mass is 10.0. The van der Waals surface area contributed by atoms with Crippen LogP contribution in [0.4, 0.5) is 5.00 Å². The monoisotopic (exact) mass is 440 g/mol. The van der Waals surface area contributed by atoms with Gasteiger partial charge in [-0.05, 0) is 57.7 Å². The molecule has 7 heteroatoms. The molecule has 1 N–H and O–H groups in total. The van der Waals surface area contributed by atoms with Crippen molar-refractivity contribution in [3.8, 4) is 0 Å². The Kier molecular flexibility index (Phi) is 6.65. The third kappa shape index (κ3) is 4.14. The average molecular weight is 441 g/mol. The fraction of sp³-hybridized carbons (Fsp3) is 0.375. The molecule has 1 aromatic carbocycles. The van der Waals surface area contributed by atoms with Gasteiger partial charge in [0.15, 0.2) is 0 Å². The van der Waals surface area contributed by atoms with E-state index in [9.17, 15) is 14.4 Å². The number of benzene rings is 1. The van der Waals surface area contributed by atoms with Crippen LogP contribution in [0.1, 0.15) is 58.2 Å². The SMILES string of the molecule is CCOC(=O)c1c(NC(=O)C(CC)n2c(=O)cc(C)c3cccc(C)c32)sc(C)c1C. The molecule has 31 heavy (non-hydrogen) atoms. The molecule has 0 radical (unpaired) electrons. The molecule has 3 rings (SSSR count). The van der Waals surface area contributed by atoms with Crippen LogP contribution in [0, 0.1) is 27.7 Å². The number of carbonyl (C=O) groups is 2. The first-order valence-electron chi connectivity index (χ1n) is 10.4. The van der Waals surface area contributed by atoms with Crippen LogP contribution < -0.4 is 10.9 Å². The maximum Gasteiger partial charge on any atom is 0.341 e. The van der Waals surface area contributed by atoms with Crippen molar-refractivity contribution < 1.29 is 14.3 Å². The second kappa shape index (κ2) is 9.06. The van der Waals surface area contributed by atoms with Crippen molar-refractivity contribution in [2.75, 3.05) is 11.9 Å². The van der Waals surface area contributed by atoms with Gasteiger partial charge in [-0.1, -0.05) is 25.1 Å². The van der Waals surface area contributed by atoms with E-state index in [1.54, 1.807) is 17.6 Å². The lowest BCUT2D eigenvalue weighted by Crippen LogP contribution is -2.33. The van der Waals surface area contributed by atoms with Gasteiger partial charge in [0, 0.05) is 16.3 Å². The number of amides is 1. The quantitative estimate of drug-likeness (QED) is 0.543. The molecule has 0 aliphatic heterocycles. The van der Waals surface area contributed by atoms with E-state index in [2.05, 4.69) is 5.32 Å². The summed E-state index contributed by atoms with van der Waals surface area (Å²) >= 11 is 1.34. The zero-order valence-electron chi connectivity index (χ0n) is 18.8. The molecule has 3 aromatic rings. The molecule has 0 bridgehead atoms. The van der Waals surface area contributed by atoms with Crippen LogP contribution >= 0.6 is 11.3 Å². The van der Waals surface area contributed by atoms with Crippen LogP contribution in [0.25, 0.3) is 10.9 Å². The maximum atomic E-state index is 13.4. The number of aryl methyl sites for hydroxylation is 3. The lowest BCUT2D eigenvalue weighted by molar-refractivity contribution is -0.119. The van der Waals surface area contributed by atoms with E-state index in [1.165, 1.54) is 11.3 Å². The van der Waals surface area contributed by atoms with E-state index in [0.29, 0.717) is 17.0 Å². The number of nitrogens with zero attached hydrogens (tertiary/aromatic N) is 1. The summed E-state index contributed by atoms with van der Waals surface area (Å²) in [6.45, 7) is 11.4. The van der Waals surface area contributed by atoms with Gasteiger partial charge in [0.1, 0.15) is 11.0 Å². The number of para-hydroxylation sites is 1. The zero-order chi connectivity index (χ0) is 22.9. The molecule has 164 valence electrons. The highest BCUT2D eigenvalue weighted by atomic mass is 32.1. The van der Waals surface area contributed by atoms with Crippen molar-refractivity contribution in [1.82, 2.24) is 4.57 Å². The normalized spacial score (nSPS) is 12.1. The van der Waals surface area contributed by atoms with Gasteiger partial charge in [-0.3, -0.25) is 14.2 Å². The highest BCUT2D eigenvalue weighted by Crippen LogP contribution is 2.34. The molecule has 0 fully saturated rings. The van der Waals surface area contributed by atoms with Gasteiger partial charge >= 0.3 is 5.97 Å². The molecule has 0 spiro atoms. The number of anilines is 1. The van der Waals surface area contributed by atoms with E-state index < -0.39 is 12.0 Å². The molecule has 1 atom stereocenters. The molecule has 1 amide bonds. The number of aromatic nitrogens is 1. The number of thiophene rings is 1. The summed E-state index contributed by atoms with van der Waals surface area (Å²) in [6, 6.07) is 6.70. The lowest BCUT2D eigenvalue weighted by Gasteiger charge is -2.22. The fourth-order valence-electron chi connectivity index (χ4n) is 3.89. The van der Waals surface area contributed by atoms with Crippen molar-refractivity contribution in [2.24, 2.45) is 0 Å². The molecular weight excluding hydrogens is 412 g/mol. The van der Waals surface area contributed by atoms with Gasteiger partial charge in [-0.2, -0.15) is 0 Å². The summed E-state index contributed by atoms with van der Waals surface area (Å²) in [4.78, 5) is 39.8. The topological polar surface area (TPSA) is 77.4 Å². The minimum atomic E-state index is -0.713. The number of pyridine rings is 1. The molecule has 0 saturated carbocycles. The number of nitrogens with one attached hydrogen (secondary N) is 1. The minimum absolute atomic E-state index is 0.217. The molecule has 2 aromatic heterocycles. The van der Waals surface area contributed by atoms with Gasteiger partial charge in [-0.25, -0.2) is 4.79 Å². The number of hydrogen-bond donors (Lipinski definition) is 1. The first kappa shape index (κ1) is 22.7.